The number of carbonyl (C=O) groups excluding carboxylic acids is 2. The number of amides is 2. The minimum atomic E-state index is -0.979. The molecular formula is C29H31NO4. The third kappa shape index (κ3) is 5.61. The normalized spacial score (nSPS) is 12.4. The molecule has 176 valence electrons. The summed E-state index contributed by atoms with van der Waals surface area (Å²) in [6.07, 6.45) is 1.23. The first-order chi connectivity index (χ1) is 16.3. The highest BCUT2D eigenvalue weighted by molar-refractivity contribution is 5.81. The van der Waals surface area contributed by atoms with Gasteiger partial charge in [0, 0.05) is 0 Å². The predicted molar refractivity (Wildman–Crippen MR) is 133 cm³/mol. The Labute approximate surface area is 201 Å². The van der Waals surface area contributed by atoms with E-state index < -0.39 is 23.3 Å². The van der Waals surface area contributed by atoms with Gasteiger partial charge in [0.2, 0.25) is 6.41 Å². The molecule has 34 heavy (non-hydrogen) atoms. The Morgan fingerprint density at radius 2 is 1.26 bits per heavy atom. The summed E-state index contributed by atoms with van der Waals surface area (Å²) in [6, 6.07) is 28.9. The lowest BCUT2D eigenvalue weighted by Crippen LogP contribution is -2.45. The Morgan fingerprint density at radius 1 is 0.853 bits per heavy atom. The van der Waals surface area contributed by atoms with E-state index in [4.69, 9.17) is 9.47 Å². The molecule has 5 heteroatoms. The van der Waals surface area contributed by atoms with Gasteiger partial charge in [0.25, 0.3) is 0 Å². The minimum absolute atomic E-state index is 0.0141. The van der Waals surface area contributed by atoms with Crippen molar-refractivity contribution in [3.63, 3.8) is 0 Å². The fourth-order valence-corrected chi connectivity index (χ4v) is 3.81. The monoisotopic (exact) mass is 457 g/mol. The van der Waals surface area contributed by atoms with Gasteiger partial charge in [-0.15, -0.1) is 6.58 Å². The van der Waals surface area contributed by atoms with Crippen molar-refractivity contribution in [2.75, 3.05) is 6.61 Å². The lowest BCUT2D eigenvalue weighted by atomic mass is 9.80. The van der Waals surface area contributed by atoms with Crippen LogP contribution in [0.1, 0.15) is 37.5 Å². The molecule has 3 aromatic rings. The fourth-order valence-electron chi connectivity index (χ4n) is 3.81. The summed E-state index contributed by atoms with van der Waals surface area (Å²) in [7, 11) is 0. The van der Waals surface area contributed by atoms with Gasteiger partial charge in [-0.3, -0.25) is 4.79 Å². The summed E-state index contributed by atoms with van der Waals surface area (Å²) in [6.45, 7) is 9.10. The quantitative estimate of drug-likeness (QED) is 0.227. The average molecular weight is 458 g/mol. The van der Waals surface area contributed by atoms with Crippen LogP contribution in [-0.2, 0) is 19.9 Å². The highest BCUT2D eigenvalue weighted by Crippen LogP contribution is 2.40. The first kappa shape index (κ1) is 24.9. The van der Waals surface area contributed by atoms with E-state index >= 15 is 0 Å². The third-order valence-electron chi connectivity index (χ3n) is 5.36. The number of hydrogen-bond acceptors (Lipinski definition) is 4. The molecule has 0 aliphatic rings. The molecule has 2 amide bonds. The summed E-state index contributed by atoms with van der Waals surface area (Å²) in [5, 5.41) is 0. The molecule has 0 saturated heterocycles. The van der Waals surface area contributed by atoms with E-state index in [2.05, 4.69) is 6.58 Å². The van der Waals surface area contributed by atoms with Gasteiger partial charge >= 0.3 is 6.09 Å². The van der Waals surface area contributed by atoms with Gasteiger partial charge in [0.05, 0.1) is 12.6 Å². The van der Waals surface area contributed by atoms with Gasteiger partial charge in [0.15, 0.2) is 0 Å². The smallest absolute Gasteiger partial charge is 0.417 e. The van der Waals surface area contributed by atoms with Crippen LogP contribution in [0.5, 0.6) is 0 Å². The van der Waals surface area contributed by atoms with Crippen molar-refractivity contribution in [1.29, 1.82) is 0 Å². The molecule has 0 unspecified atom stereocenters. The van der Waals surface area contributed by atoms with Gasteiger partial charge in [-0.25, -0.2) is 9.69 Å². The molecule has 3 aromatic carbocycles. The number of benzene rings is 3. The van der Waals surface area contributed by atoms with Crippen molar-refractivity contribution >= 4 is 12.5 Å². The van der Waals surface area contributed by atoms with Gasteiger partial charge in [-0.2, -0.15) is 0 Å². The van der Waals surface area contributed by atoms with E-state index in [-0.39, 0.29) is 6.61 Å². The SMILES string of the molecule is C=C[C@@H](COC(c1ccccc1)(c1ccccc1)c1ccccc1)N(C=O)C(=O)OC(C)(C)C. The number of imide groups is 1. The lowest BCUT2D eigenvalue weighted by molar-refractivity contribution is -0.120. The van der Waals surface area contributed by atoms with Crippen molar-refractivity contribution in [2.24, 2.45) is 0 Å². The zero-order valence-corrected chi connectivity index (χ0v) is 19.9. The minimum Gasteiger partial charge on any atom is -0.443 e. The highest BCUT2D eigenvalue weighted by Gasteiger charge is 2.39. The van der Waals surface area contributed by atoms with Gasteiger partial charge in [0.1, 0.15) is 11.2 Å². The molecular weight excluding hydrogens is 426 g/mol. The van der Waals surface area contributed by atoms with Crippen LogP contribution >= 0.6 is 0 Å². The summed E-state index contributed by atoms with van der Waals surface area (Å²) in [4.78, 5) is 25.6. The van der Waals surface area contributed by atoms with Crippen LogP contribution in [0.25, 0.3) is 0 Å². The molecule has 0 saturated carbocycles. The molecule has 0 fully saturated rings. The highest BCUT2D eigenvalue weighted by atomic mass is 16.6. The first-order valence-corrected chi connectivity index (χ1v) is 11.2. The summed E-state index contributed by atoms with van der Waals surface area (Å²) < 4.78 is 12.1. The van der Waals surface area contributed by atoms with Gasteiger partial charge in [-0.05, 0) is 37.5 Å². The number of rotatable bonds is 9. The fraction of sp³-hybridized carbons (Fsp3) is 0.241. The maximum absolute atomic E-state index is 12.7. The van der Waals surface area contributed by atoms with Crippen LogP contribution < -0.4 is 0 Å². The Morgan fingerprint density at radius 3 is 1.59 bits per heavy atom. The topological polar surface area (TPSA) is 55.8 Å². The van der Waals surface area contributed by atoms with Crippen molar-refractivity contribution in [2.45, 2.75) is 38.0 Å². The molecule has 0 aliphatic heterocycles. The van der Waals surface area contributed by atoms with Gasteiger partial charge in [-0.1, -0.05) is 97.1 Å². The molecule has 0 aliphatic carbocycles. The second-order valence-corrected chi connectivity index (χ2v) is 8.89. The second-order valence-electron chi connectivity index (χ2n) is 8.89. The second kappa shape index (κ2) is 10.9. The predicted octanol–water partition coefficient (Wildman–Crippen LogP) is 5.94. The van der Waals surface area contributed by atoms with Crippen LogP contribution in [0.15, 0.2) is 104 Å². The molecule has 3 rings (SSSR count). The molecule has 1 atom stereocenters. The summed E-state index contributed by atoms with van der Waals surface area (Å²) in [5.41, 5.74) is 1.04. The first-order valence-electron chi connectivity index (χ1n) is 11.2. The third-order valence-corrected chi connectivity index (χ3v) is 5.36. The van der Waals surface area contributed by atoms with E-state index in [1.165, 1.54) is 6.08 Å². The van der Waals surface area contributed by atoms with Gasteiger partial charge < -0.3 is 9.47 Å². The Kier molecular flexibility index (Phi) is 8.03. The number of nitrogens with zero attached hydrogens (tertiary/aromatic N) is 1. The number of ether oxygens (including phenoxy) is 2. The largest absolute Gasteiger partial charge is 0.443 e. The van der Waals surface area contributed by atoms with Crippen LogP contribution in [0, 0.1) is 0 Å². The van der Waals surface area contributed by atoms with Crippen molar-refractivity contribution in [3.8, 4) is 0 Å². The standard InChI is InChI=1S/C29H31NO4/c1-5-26(30(22-31)27(32)34-28(2,3)4)21-33-29(23-15-9-6-10-16-23,24-17-11-7-12-18-24)25-19-13-8-14-20-25/h5-20,22,26H,1,21H2,2-4H3/t26-/m0/s1. The Bertz CT molecular complexity index is 979. The van der Waals surface area contributed by atoms with E-state index in [0.29, 0.717) is 6.41 Å². The zero-order chi connectivity index (χ0) is 24.6. The van der Waals surface area contributed by atoms with E-state index in [1.54, 1.807) is 20.8 Å². The van der Waals surface area contributed by atoms with E-state index in [1.807, 2.05) is 91.0 Å². The van der Waals surface area contributed by atoms with Crippen molar-refractivity contribution in [1.82, 2.24) is 4.90 Å². The van der Waals surface area contributed by atoms with E-state index in [9.17, 15) is 9.59 Å². The molecule has 0 aromatic heterocycles. The number of carbonyl (C=O) groups is 2. The van der Waals surface area contributed by atoms with E-state index in [0.717, 1.165) is 21.6 Å². The molecule has 0 bridgehead atoms. The Balaban J connectivity index is 2.06. The average Bonchev–Trinajstić information content (AvgIpc) is 2.84. The lowest BCUT2D eigenvalue weighted by Gasteiger charge is -2.37. The molecule has 5 nitrogen and oxygen atoms in total. The molecule has 0 N–H and O–H groups in total. The van der Waals surface area contributed by atoms with Crippen molar-refractivity contribution in [3.05, 3.63) is 120 Å². The molecule has 0 radical (unpaired) electrons. The van der Waals surface area contributed by atoms with Crippen LogP contribution in [0.4, 0.5) is 4.79 Å². The summed E-state index contributed by atoms with van der Waals surface area (Å²) >= 11 is 0. The molecule has 0 heterocycles. The van der Waals surface area contributed by atoms with Crippen LogP contribution in [-0.4, -0.2) is 35.7 Å². The zero-order valence-electron chi connectivity index (χ0n) is 19.9. The van der Waals surface area contributed by atoms with Crippen LogP contribution in [0.2, 0.25) is 0 Å². The number of hydrogen-bond donors (Lipinski definition) is 0. The molecule has 0 spiro atoms. The van der Waals surface area contributed by atoms with Crippen LogP contribution in [0.3, 0.4) is 0 Å². The summed E-state index contributed by atoms with van der Waals surface area (Å²) in [5.74, 6) is 0. The maximum atomic E-state index is 12.7. The maximum Gasteiger partial charge on any atom is 0.417 e. The Hall–Kier alpha value is -3.70. The van der Waals surface area contributed by atoms with Crippen molar-refractivity contribution < 1.29 is 19.1 Å².